The van der Waals surface area contributed by atoms with Crippen molar-refractivity contribution in [1.82, 2.24) is 0 Å². The zero-order chi connectivity index (χ0) is 36.6. The number of hydrogen-bond acceptors (Lipinski definition) is 2. The molecule has 9 rings (SSSR count). The summed E-state index contributed by atoms with van der Waals surface area (Å²) in [5.74, 6) is 0.827. The fraction of sp³-hybridized carbons (Fsp3) is 0.120. The molecule has 1 saturated carbocycles. The quantitative estimate of drug-likeness (QED) is 0.132. The molecule has 1 fully saturated rings. The minimum atomic E-state index is 0.471. The Hall–Kier alpha value is -5.99. The molecular formula is C50H44B2N2. The maximum absolute atomic E-state index is 2.43. The third kappa shape index (κ3) is 6.58. The Bertz CT molecular complexity index is 2560. The molecule has 0 aromatic heterocycles. The van der Waals surface area contributed by atoms with E-state index in [1.807, 2.05) is 0 Å². The average molecular weight is 695 g/mol. The monoisotopic (exact) mass is 694 g/mol. The highest BCUT2D eigenvalue weighted by Crippen LogP contribution is 2.43. The van der Waals surface area contributed by atoms with Crippen molar-refractivity contribution in [2.45, 2.75) is 39.1 Å². The van der Waals surface area contributed by atoms with Crippen molar-refractivity contribution >= 4 is 80.0 Å². The Labute approximate surface area is 320 Å². The lowest BCUT2D eigenvalue weighted by molar-refractivity contribution is 1.29. The van der Waals surface area contributed by atoms with Crippen LogP contribution in [-0.2, 0) is 0 Å². The largest absolute Gasteiger partial charge is 0.310 e. The van der Waals surface area contributed by atoms with E-state index in [1.54, 1.807) is 0 Å². The van der Waals surface area contributed by atoms with Gasteiger partial charge in [-0.2, -0.15) is 0 Å². The van der Waals surface area contributed by atoms with Crippen molar-refractivity contribution < 1.29 is 0 Å². The van der Waals surface area contributed by atoms with Crippen LogP contribution in [0.5, 0.6) is 0 Å². The lowest BCUT2D eigenvalue weighted by Gasteiger charge is -2.28. The first-order valence-electron chi connectivity index (χ1n) is 19.5. The van der Waals surface area contributed by atoms with E-state index in [-0.39, 0.29) is 0 Å². The first-order chi connectivity index (χ1) is 26.5. The molecule has 0 N–H and O–H groups in total. The summed E-state index contributed by atoms with van der Waals surface area (Å²) in [4.78, 5) is 4.84. The zero-order valence-corrected chi connectivity index (χ0v) is 31.4. The van der Waals surface area contributed by atoms with Crippen LogP contribution in [0, 0.1) is 0 Å². The number of nitrogens with zero attached hydrogens (tertiary/aromatic N) is 2. The Kier molecular flexibility index (Phi) is 9.05. The highest BCUT2D eigenvalue weighted by Gasteiger charge is 2.31. The molecule has 0 bridgehead atoms. The Morgan fingerprint density at radius 2 is 0.833 bits per heavy atom. The second kappa shape index (κ2) is 14.4. The second-order valence-corrected chi connectivity index (χ2v) is 15.2. The van der Waals surface area contributed by atoms with Gasteiger partial charge in [-0.15, -0.1) is 0 Å². The highest BCUT2D eigenvalue weighted by atomic mass is 15.1. The molecule has 0 saturated heterocycles. The first-order valence-corrected chi connectivity index (χ1v) is 19.5. The number of fused-ring (bicyclic) bond motifs is 2. The minimum Gasteiger partial charge on any atom is -0.310 e. The van der Waals surface area contributed by atoms with Crippen molar-refractivity contribution in [3.05, 3.63) is 182 Å². The van der Waals surface area contributed by atoms with Crippen LogP contribution in [0.4, 0.5) is 34.1 Å². The van der Waals surface area contributed by atoms with Crippen LogP contribution in [0.1, 0.15) is 12.8 Å². The van der Waals surface area contributed by atoms with Gasteiger partial charge >= 0.3 is 0 Å². The SMILES string of the molecule is CB(C)c1ccc(N(c2cccc(-c3cccc(N(c4ccc(B(C)C5CC5)cc4)c4cccc5ccccc45)c3)c2)c2cccc3ccccc23)cc1. The summed E-state index contributed by atoms with van der Waals surface area (Å²) < 4.78 is 0. The van der Waals surface area contributed by atoms with Crippen LogP contribution in [-0.4, -0.2) is 13.4 Å². The van der Waals surface area contributed by atoms with Gasteiger partial charge in [0.25, 0.3) is 0 Å². The van der Waals surface area contributed by atoms with Crippen molar-refractivity contribution in [2.75, 3.05) is 9.80 Å². The Morgan fingerprint density at radius 3 is 1.30 bits per heavy atom. The number of hydrogen-bond donors (Lipinski definition) is 0. The molecular weight excluding hydrogens is 650 g/mol. The van der Waals surface area contributed by atoms with Crippen LogP contribution in [0.25, 0.3) is 32.7 Å². The summed E-state index contributed by atoms with van der Waals surface area (Å²) in [5.41, 5.74) is 12.0. The summed E-state index contributed by atoms with van der Waals surface area (Å²) >= 11 is 0. The molecule has 1 aliphatic carbocycles. The summed E-state index contributed by atoms with van der Waals surface area (Å²) in [6, 6.07) is 67.1. The molecule has 4 heteroatoms. The highest BCUT2D eigenvalue weighted by molar-refractivity contribution is 6.74. The molecule has 54 heavy (non-hydrogen) atoms. The maximum atomic E-state index is 2.43. The molecule has 8 aromatic carbocycles. The van der Waals surface area contributed by atoms with Crippen molar-refractivity contribution in [2.24, 2.45) is 0 Å². The van der Waals surface area contributed by atoms with Crippen LogP contribution in [0.2, 0.25) is 26.3 Å². The molecule has 0 atom stereocenters. The predicted molar refractivity (Wildman–Crippen MR) is 238 cm³/mol. The normalized spacial score (nSPS) is 12.5. The first kappa shape index (κ1) is 33.8. The minimum absolute atomic E-state index is 0.471. The van der Waals surface area contributed by atoms with E-state index in [1.165, 1.54) is 62.1 Å². The standard InChI is InChI=1S/C50H44B2N2/c1-51(2)40-26-30-43(31-27-40)53(49-22-10-14-36-12-4-6-20-47(36)49)45-18-8-16-38(34-45)39-17-9-19-46(35-39)54(50-23-11-15-37-13-5-7-21-48(37)50)44-32-28-42(29-33-44)52(3)41-24-25-41/h4-23,26-35,41H,24-25H2,1-3H3. The molecule has 0 aliphatic heterocycles. The Morgan fingerprint density at radius 1 is 0.407 bits per heavy atom. The summed E-state index contributed by atoms with van der Waals surface area (Å²) in [6.07, 6.45) is 2.70. The van der Waals surface area contributed by atoms with Gasteiger partial charge in [0.05, 0.1) is 11.4 Å². The van der Waals surface area contributed by atoms with Gasteiger partial charge in [0.1, 0.15) is 0 Å². The van der Waals surface area contributed by atoms with E-state index in [0.29, 0.717) is 13.4 Å². The average Bonchev–Trinajstić information content (AvgIpc) is 4.08. The Balaban J connectivity index is 1.16. The molecule has 0 unspecified atom stereocenters. The molecule has 1 aliphatic rings. The zero-order valence-electron chi connectivity index (χ0n) is 31.4. The molecule has 0 spiro atoms. The van der Waals surface area contributed by atoms with E-state index in [4.69, 9.17) is 0 Å². The van der Waals surface area contributed by atoms with Crippen molar-refractivity contribution in [3.8, 4) is 11.1 Å². The van der Waals surface area contributed by atoms with Crippen LogP contribution in [0.15, 0.2) is 182 Å². The van der Waals surface area contributed by atoms with Gasteiger partial charge < -0.3 is 9.80 Å². The third-order valence-electron chi connectivity index (χ3n) is 11.4. The van der Waals surface area contributed by atoms with E-state index < -0.39 is 0 Å². The topological polar surface area (TPSA) is 6.48 Å². The smallest absolute Gasteiger partial charge is 0.175 e. The molecule has 2 nitrogen and oxygen atoms in total. The predicted octanol–water partition coefficient (Wildman–Crippen LogP) is 13.1. The summed E-state index contributed by atoms with van der Waals surface area (Å²) in [6.45, 7) is 7.96. The van der Waals surface area contributed by atoms with Crippen LogP contribution < -0.4 is 20.7 Å². The van der Waals surface area contributed by atoms with Crippen LogP contribution >= 0.6 is 0 Å². The number of benzene rings is 8. The fourth-order valence-electron chi connectivity index (χ4n) is 8.11. The molecule has 0 heterocycles. The number of anilines is 6. The third-order valence-corrected chi connectivity index (χ3v) is 11.4. The number of rotatable bonds is 10. The van der Waals surface area contributed by atoms with E-state index in [2.05, 4.69) is 212 Å². The van der Waals surface area contributed by atoms with Gasteiger partial charge in [-0.25, -0.2) is 0 Å². The van der Waals surface area contributed by atoms with Crippen LogP contribution in [0.3, 0.4) is 0 Å². The molecule has 0 radical (unpaired) electrons. The summed E-state index contributed by atoms with van der Waals surface area (Å²) in [5, 5.41) is 4.92. The molecule has 0 amide bonds. The van der Waals surface area contributed by atoms with Gasteiger partial charge in [0, 0.05) is 33.5 Å². The van der Waals surface area contributed by atoms with Gasteiger partial charge in [0.2, 0.25) is 0 Å². The maximum Gasteiger partial charge on any atom is 0.175 e. The van der Waals surface area contributed by atoms with Gasteiger partial charge in [-0.05, 0) is 82.6 Å². The van der Waals surface area contributed by atoms with E-state index >= 15 is 0 Å². The lowest BCUT2D eigenvalue weighted by Crippen LogP contribution is -2.26. The van der Waals surface area contributed by atoms with E-state index in [0.717, 1.165) is 34.3 Å². The van der Waals surface area contributed by atoms with Crippen molar-refractivity contribution in [1.29, 1.82) is 0 Å². The second-order valence-electron chi connectivity index (χ2n) is 15.2. The van der Waals surface area contributed by atoms with Gasteiger partial charge in [0.15, 0.2) is 13.4 Å². The van der Waals surface area contributed by atoms with Crippen molar-refractivity contribution in [3.63, 3.8) is 0 Å². The van der Waals surface area contributed by atoms with Gasteiger partial charge in [-0.1, -0.05) is 171 Å². The summed E-state index contributed by atoms with van der Waals surface area (Å²) in [7, 11) is 0. The molecule has 8 aromatic rings. The van der Waals surface area contributed by atoms with E-state index in [9.17, 15) is 0 Å². The fourth-order valence-corrected chi connectivity index (χ4v) is 8.11. The van der Waals surface area contributed by atoms with Gasteiger partial charge in [-0.3, -0.25) is 0 Å². The lowest BCUT2D eigenvalue weighted by atomic mass is 9.43. The molecule has 260 valence electrons.